The van der Waals surface area contributed by atoms with E-state index >= 15 is 0 Å². The van der Waals surface area contributed by atoms with E-state index in [0.29, 0.717) is 0 Å². The van der Waals surface area contributed by atoms with Gasteiger partial charge in [0.15, 0.2) is 6.61 Å². The van der Waals surface area contributed by atoms with Crippen LogP contribution in [0.25, 0.3) is 0 Å². The van der Waals surface area contributed by atoms with Crippen molar-refractivity contribution in [1.29, 1.82) is 0 Å². The zero-order valence-corrected chi connectivity index (χ0v) is 12.2. The molecule has 2 N–H and O–H groups in total. The average Bonchev–Trinajstić information content (AvgIpc) is 2.95. The number of carbonyl (C=O) groups is 2. The Balaban J connectivity index is 1.96. The van der Waals surface area contributed by atoms with Gasteiger partial charge in [-0.3, -0.25) is 4.79 Å². The molecule has 2 rings (SSSR count). The van der Waals surface area contributed by atoms with Crippen molar-refractivity contribution in [3.63, 3.8) is 0 Å². The standard InChI is InChI=1S/C13H14Cl2N2O3/c14-9-5-8(6-10(16)12(9)15)13(19)20-7-11(18)17-3-1-2-4-17/h5-6H,1-4,7,16H2. The fourth-order valence-corrected chi connectivity index (χ4v) is 2.33. The van der Waals surface area contributed by atoms with Crippen LogP contribution in [0, 0.1) is 0 Å². The molecule has 1 fully saturated rings. The zero-order valence-electron chi connectivity index (χ0n) is 10.7. The molecule has 1 amide bonds. The fraction of sp³-hybridized carbons (Fsp3) is 0.385. The minimum absolute atomic E-state index is 0.171. The van der Waals surface area contributed by atoms with E-state index in [1.54, 1.807) is 4.90 Å². The summed E-state index contributed by atoms with van der Waals surface area (Å²) in [5.41, 5.74) is 5.98. The number of esters is 1. The third-order valence-corrected chi connectivity index (χ3v) is 3.89. The molecular formula is C13H14Cl2N2O3. The van der Waals surface area contributed by atoms with Crippen LogP contribution in [-0.4, -0.2) is 36.5 Å². The molecule has 0 atom stereocenters. The van der Waals surface area contributed by atoms with Crippen LogP contribution in [0.5, 0.6) is 0 Å². The first kappa shape index (κ1) is 14.9. The molecule has 1 aliphatic rings. The smallest absolute Gasteiger partial charge is 0.338 e. The lowest BCUT2D eigenvalue weighted by atomic mass is 10.2. The lowest BCUT2D eigenvalue weighted by Crippen LogP contribution is -2.32. The van der Waals surface area contributed by atoms with E-state index < -0.39 is 5.97 Å². The second-order valence-electron chi connectivity index (χ2n) is 4.53. The van der Waals surface area contributed by atoms with Crippen molar-refractivity contribution in [2.45, 2.75) is 12.8 Å². The van der Waals surface area contributed by atoms with Crippen molar-refractivity contribution < 1.29 is 14.3 Å². The van der Waals surface area contributed by atoms with Gasteiger partial charge in [0.25, 0.3) is 5.91 Å². The van der Waals surface area contributed by atoms with E-state index in [4.69, 9.17) is 33.7 Å². The van der Waals surface area contributed by atoms with Gasteiger partial charge in [-0.2, -0.15) is 0 Å². The maximum atomic E-state index is 11.8. The van der Waals surface area contributed by atoms with Crippen LogP contribution in [0.4, 0.5) is 5.69 Å². The van der Waals surface area contributed by atoms with Crippen LogP contribution < -0.4 is 5.73 Å². The maximum Gasteiger partial charge on any atom is 0.338 e. The van der Waals surface area contributed by atoms with Crippen LogP contribution in [0.3, 0.4) is 0 Å². The molecule has 108 valence electrons. The Labute approximate surface area is 126 Å². The molecule has 1 heterocycles. The molecule has 0 spiro atoms. The molecule has 7 heteroatoms. The topological polar surface area (TPSA) is 72.6 Å². The molecule has 0 bridgehead atoms. The summed E-state index contributed by atoms with van der Waals surface area (Å²) in [5.74, 6) is -0.841. The van der Waals surface area contributed by atoms with E-state index in [1.165, 1.54) is 12.1 Å². The highest BCUT2D eigenvalue weighted by Crippen LogP contribution is 2.29. The van der Waals surface area contributed by atoms with Crippen LogP contribution in [0.15, 0.2) is 12.1 Å². The first-order valence-corrected chi connectivity index (χ1v) is 6.94. The first-order chi connectivity index (χ1) is 9.49. The van der Waals surface area contributed by atoms with E-state index in [0.717, 1.165) is 25.9 Å². The van der Waals surface area contributed by atoms with Gasteiger partial charge in [-0.05, 0) is 25.0 Å². The Kier molecular flexibility index (Phi) is 4.73. The summed E-state index contributed by atoms with van der Waals surface area (Å²) >= 11 is 11.6. The summed E-state index contributed by atoms with van der Waals surface area (Å²) < 4.78 is 4.96. The summed E-state index contributed by atoms with van der Waals surface area (Å²) in [5, 5.41) is 0.362. The normalized spacial score (nSPS) is 14.4. The van der Waals surface area contributed by atoms with Crippen molar-refractivity contribution in [2.75, 3.05) is 25.4 Å². The number of hydrogen-bond acceptors (Lipinski definition) is 4. The molecule has 1 aromatic carbocycles. The SMILES string of the molecule is Nc1cc(C(=O)OCC(=O)N2CCCC2)cc(Cl)c1Cl. The van der Waals surface area contributed by atoms with Crippen molar-refractivity contribution in [3.05, 3.63) is 27.7 Å². The minimum atomic E-state index is -0.650. The number of hydrogen-bond donors (Lipinski definition) is 1. The molecule has 0 unspecified atom stereocenters. The van der Waals surface area contributed by atoms with Crippen molar-refractivity contribution >= 4 is 40.8 Å². The predicted octanol–water partition coefficient (Wildman–Crippen LogP) is 2.35. The lowest BCUT2D eigenvalue weighted by Gasteiger charge is -2.15. The second kappa shape index (κ2) is 6.33. The zero-order chi connectivity index (χ0) is 14.7. The first-order valence-electron chi connectivity index (χ1n) is 6.18. The van der Waals surface area contributed by atoms with Crippen LogP contribution in [-0.2, 0) is 9.53 Å². The van der Waals surface area contributed by atoms with Gasteiger partial charge in [0.1, 0.15) is 0 Å². The van der Waals surface area contributed by atoms with E-state index in [2.05, 4.69) is 0 Å². The molecule has 1 saturated heterocycles. The summed E-state index contributed by atoms with van der Waals surface area (Å²) in [6.07, 6.45) is 1.98. The van der Waals surface area contributed by atoms with E-state index in [1.807, 2.05) is 0 Å². The van der Waals surface area contributed by atoms with E-state index in [-0.39, 0.29) is 33.8 Å². The number of halogens is 2. The number of amides is 1. The Bertz CT molecular complexity index is 519. The predicted molar refractivity (Wildman–Crippen MR) is 77.0 cm³/mol. The molecule has 1 aromatic rings. The Morgan fingerprint density at radius 2 is 1.90 bits per heavy atom. The van der Waals surface area contributed by atoms with Gasteiger partial charge in [-0.15, -0.1) is 0 Å². The molecular weight excluding hydrogens is 303 g/mol. The van der Waals surface area contributed by atoms with Crippen LogP contribution in [0.1, 0.15) is 23.2 Å². The quantitative estimate of drug-likeness (QED) is 0.686. The number of nitrogen functional groups attached to an aromatic ring is 1. The highest BCUT2D eigenvalue weighted by molar-refractivity contribution is 6.43. The van der Waals surface area contributed by atoms with Gasteiger partial charge in [-0.1, -0.05) is 23.2 Å². The molecule has 0 aliphatic carbocycles. The molecule has 1 aliphatic heterocycles. The maximum absolute atomic E-state index is 11.8. The highest BCUT2D eigenvalue weighted by atomic mass is 35.5. The lowest BCUT2D eigenvalue weighted by molar-refractivity contribution is -0.133. The Hall–Kier alpha value is -1.46. The number of nitrogens with zero attached hydrogens (tertiary/aromatic N) is 1. The number of rotatable bonds is 3. The number of nitrogens with two attached hydrogens (primary N) is 1. The van der Waals surface area contributed by atoms with Crippen LogP contribution >= 0.6 is 23.2 Å². The van der Waals surface area contributed by atoms with Crippen molar-refractivity contribution in [3.8, 4) is 0 Å². The molecule has 5 nitrogen and oxygen atoms in total. The molecule has 0 radical (unpaired) electrons. The van der Waals surface area contributed by atoms with Gasteiger partial charge in [0.05, 0.1) is 21.3 Å². The Morgan fingerprint density at radius 3 is 2.50 bits per heavy atom. The fourth-order valence-electron chi connectivity index (χ4n) is 2.00. The van der Waals surface area contributed by atoms with E-state index in [9.17, 15) is 9.59 Å². The number of ether oxygens (including phenoxy) is 1. The van der Waals surface area contributed by atoms with Gasteiger partial charge in [-0.25, -0.2) is 4.79 Å². The largest absolute Gasteiger partial charge is 0.452 e. The highest BCUT2D eigenvalue weighted by Gasteiger charge is 2.20. The third-order valence-electron chi connectivity index (χ3n) is 3.08. The molecule has 0 saturated carbocycles. The van der Waals surface area contributed by atoms with Gasteiger partial charge in [0, 0.05) is 13.1 Å². The number of benzene rings is 1. The van der Waals surface area contributed by atoms with Crippen molar-refractivity contribution in [1.82, 2.24) is 4.90 Å². The molecule has 0 aromatic heterocycles. The second-order valence-corrected chi connectivity index (χ2v) is 5.31. The Morgan fingerprint density at radius 1 is 1.25 bits per heavy atom. The van der Waals surface area contributed by atoms with Gasteiger partial charge in [0.2, 0.25) is 0 Å². The average molecular weight is 317 g/mol. The summed E-state index contributed by atoms with van der Waals surface area (Å²) in [7, 11) is 0. The molecule has 20 heavy (non-hydrogen) atoms. The monoisotopic (exact) mass is 316 g/mol. The summed E-state index contributed by atoms with van der Waals surface area (Å²) in [6, 6.07) is 2.74. The van der Waals surface area contributed by atoms with Gasteiger partial charge >= 0.3 is 5.97 Å². The number of anilines is 1. The number of carbonyl (C=O) groups excluding carboxylic acids is 2. The minimum Gasteiger partial charge on any atom is -0.452 e. The van der Waals surface area contributed by atoms with Crippen LogP contribution in [0.2, 0.25) is 10.0 Å². The summed E-state index contributed by atoms with van der Waals surface area (Å²) in [6.45, 7) is 1.16. The third kappa shape index (κ3) is 3.35. The summed E-state index contributed by atoms with van der Waals surface area (Å²) in [4.78, 5) is 25.3. The number of likely N-dealkylation sites (tertiary alicyclic amines) is 1. The van der Waals surface area contributed by atoms with Crippen molar-refractivity contribution in [2.24, 2.45) is 0 Å². The van der Waals surface area contributed by atoms with Gasteiger partial charge < -0.3 is 15.4 Å².